The molecule has 0 aliphatic carbocycles. The first kappa shape index (κ1) is 52.4. The standard InChI is InChI=1S/C44H24N4OS.C40H22N4S2/c1-2-12-25-24(10-1)11-9-16-30(25)43-46-39-31-15-5-8-19-37(31)49-41(39)44(47-43)48-35-18-7-4-14-27(35)32-22-33-29-21-20-28-26-13-3-6-17-34(26)45-40(28)42(29)50-38(33)23-36(32)48;1-2-10-22(11-3-1)35-39-37(27-14-6-9-17-33(27)45-39)43-40(42-35)44-31-16-8-5-13-24(31)28-20-29-26-19-18-25-23-12-4-7-15-30(23)41-36(25)38(26)46-34(29)21-32(28)44/h1-23,45H;1-21,41H. The third-order valence-electron chi connectivity index (χ3n) is 19.7. The molecule has 0 fully saturated rings. The van der Waals surface area contributed by atoms with Gasteiger partial charge in [-0.2, -0.15) is 0 Å². The Labute approximate surface area is 555 Å². The predicted octanol–water partition coefficient (Wildman–Crippen LogP) is 23.9. The fourth-order valence-electron chi connectivity index (χ4n) is 15.4. The van der Waals surface area contributed by atoms with Gasteiger partial charge in [-0.25, -0.2) is 19.9 Å². The minimum absolute atomic E-state index is 0.672. The van der Waals surface area contributed by atoms with Gasteiger partial charge in [0.2, 0.25) is 5.95 Å². The van der Waals surface area contributed by atoms with Gasteiger partial charge in [-0.1, -0.05) is 200 Å². The minimum Gasteiger partial charge on any atom is -0.450 e. The molecule has 0 atom stereocenters. The molecular weight excluding hydrogens is 1230 g/mol. The largest absolute Gasteiger partial charge is 0.450 e. The number of nitrogens with one attached hydrogen (secondary N) is 2. The smallest absolute Gasteiger partial charge is 0.235 e. The van der Waals surface area contributed by atoms with Crippen LogP contribution in [0.5, 0.6) is 0 Å². The van der Waals surface area contributed by atoms with E-state index >= 15 is 0 Å². The van der Waals surface area contributed by atoms with E-state index < -0.39 is 0 Å². The summed E-state index contributed by atoms with van der Waals surface area (Å²) in [6.07, 6.45) is 0. The fraction of sp³-hybridized carbons (Fsp3) is 0. The zero-order chi connectivity index (χ0) is 62.4. The molecule has 96 heavy (non-hydrogen) atoms. The van der Waals surface area contributed by atoms with Crippen LogP contribution in [-0.4, -0.2) is 39.0 Å². The lowest BCUT2D eigenvalue weighted by Gasteiger charge is -2.11. The van der Waals surface area contributed by atoms with Crippen LogP contribution >= 0.6 is 34.0 Å². The van der Waals surface area contributed by atoms with Crippen molar-refractivity contribution < 1.29 is 4.42 Å². The van der Waals surface area contributed by atoms with Gasteiger partial charge in [0.05, 0.1) is 58.4 Å². The van der Waals surface area contributed by atoms with E-state index in [0.29, 0.717) is 17.4 Å². The van der Waals surface area contributed by atoms with E-state index in [4.69, 9.17) is 24.4 Å². The zero-order valence-corrected chi connectivity index (χ0v) is 53.2. The Morgan fingerprint density at radius 1 is 0.323 bits per heavy atom. The first-order valence-corrected chi connectivity index (χ1v) is 34.5. The van der Waals surface area contributed by atoms with Crippen molar-refractivity contribution in [1.29, 1.82) is 0 Å². The molecule has 0 unspecified atom stereocenters. The number of aromatic amines is 2. The molecule has 9 nitrogen and oxygen atoms in total. The highest BCUT2D eigenvalue weighted by Gasteiger charge is 2.26. The normalized spacial score (nSPS) is 12.4. The maximum atomic E-state index is 6.65. The number of H-pyrrole nitrogens is 2. The van der Waals surface area contributed by atoms with Crippen molar-refractivity contribution in [3.63, 3.8) is 0 Å². The van der Waals surface area contributed by atoms with Gasteiger partial charge in [0, 0.05) is 112 Å². The number of rotatable bonds is 4. The predicted molar refractivity (Wildman–Crippen MR) is 406 cm³/mol. The Hall–Kier alpha value is -12.1. The summed E-state index contributed by atoms with van der Waals surface area (Å²) >= 11 is 5.47. The van der Waals surface area contributed by atoms with Crippen LogP contribution in [0.3, 0.4) is 0 Å². The number of aromatic nitrogens is 8. The Morgan fingerprint density at radius 2 is 0.854 bits per heavy atom. The molecule has 12 heteroatoms. The average Bonchev–Trinajstić information content (AvgIpc) is 1.38. The summed E-state index contributed by atoms with van der Waals surface area (Å²) in [5.41, 5.74) is 15.5. The topological polar surface area (TPSA) is 106 Å². The molecule has 0 aliphatic heterocycles. The number of benzene rings is 13. The van der Waals surface area contributed by atoms with E-state index in [2.05, 4.69) is 268 Å². The second-order valence-corrected chi connectivity index (χ2v) is 28.1. The lowest BCUT2D eigenvalue weighted by molar-refractivity contribution is 0.662. The molecule has 10 aromatic heterocycles. The van der Waals surface area contributed by atoms with Crippen LogP contribution in [0.15, 0.2) is 271 Å². The van der Waals surface area contributed by atoms with Gasteiger partial charge in [-0.3, -0.25) is 9.13 Å². The van der Waals surface area contributed by atoms with Crippen LogP contribution < -0.4 is 0 Å². The molecule has 0 aliphatic rings. The number of nitrogens with zero attached hydrogens (tertiary/aromatic N) is 6. The zero-order valence-electron chi connectivity index (χ0n) is 50.7. The van der Waals surface area contributed by atoms with Gasteiger partial charge in [-0.15, -0.1) is 34.0 Å². The van der Waals surface area contributed by atoms with Crippen molar-refractivity contribution in [2.24, 2.45) is 0 Å². The molecule has 0 saturated carbocycles. The summed E-state index contributed by atoms with van der Waals surface area (Å²) in [5.74, 6) is 2.10. The Balaban J connectivity index is 0.000000124. The van der Waals surface area contributed by atoms with Gasteiger partial charge < -0.3 is 14.4 Å². The molecule has 0 spiro atoms. The monoisotopic (exact) mass is 1280 g/mol. The van der Waals surface area contributed by atoms with Crippen LogP contribution in [0.4, 0.5) is 0 Å². The number of hydrogen-bond acceptors (Lipinski definition) is 8. The van der Waals surface area contributed by atoms with Crippen LogP contribution in [0.1, 0.15) is 0 Å². The first-order chi connectivity index (χ1) is 47.6. The average molecular weight is 1280 g/mol. The quantitative estimate of drug-likeness (QED) is 0.183. The highest BCUT2D eigenvalue weighted by Crippen LogP contribution is 2.48. The summed E-state index contributed by atoms with van der Waals surface area (Å²) in [6.45, 7) is 0. The number of hydrogen-bond donors (Lipinski definition) is 2. The molecule has 23 rings (SSSR count). The Bertz CT molecular complexity index is 7290. The molecule has 23 aromatic rings. The van der Waals surface area contributed by atoms with Gasteiger partial charge in [0.25, 0.3) is 0 Å². The molecule has 10 heterocycles. The Kier molecular flexibility index (Phi) is 10.8. The van der Waals surface area contributed by atoms with Crippen molar-refractivity contribution in [2.75, 3.05) is 0 Å². The maximum absolute atomic E-state index is 6.65. The van der Waals surface area contributed by atoms with E-state index in [-0.39, 0.29) is 0 Å². The lowest BCUT2D eigenvalue weighted by Crippen LogP contribution is -2.02. The molecule has 0 amide bonds. The van der Waals surface area contributed by atoms with Crippen molar-refractivity contribution >= 4 is 215 Å². The fourth-order valence-corrected chi connectivity index (χ4v) is 19.0. The molecule has 0 saturated heterocycles. The minimum atomic E-state index is 0.672. The molecule has 446 valence electrons. The maximum Gasteiger partial charge on any atom is 0.235 e. The first-order valence-electron chi connectivity index (χ1n) is 32.1. The van der Waals surface area contributed by atoms with E-state index in [1.54, 1.807) is 11.3 Å². The highest BCUT2D eigenvalue weighted by molar-refractivity contribution is 7.27. The summed E-state index contributed by atoms with van der Waals surface area (Å²) in [5, 5.41) is 19.3. The van der Waals surface area contributed by atoms with Gasteiger partial charge in [0.1, 0.15) is 11.1 Å². The number of thiophene rings is 3. The van der Waals surface area contributed by atoms with Crippen LogP contribution in [0.2, 0.25) is 0 Å². The lowest BCUT2D eigenvalue weighted by atomic mass is 10.0. The summed E-state index contributed by atoms with van der Waals surface area (Å²) in [7, 11) is 0. The number of fused-ring (bicyclic) bond motifs is 27. The summed E-state index contributed by atoms with van der Waals surface area (Å²) in [6, 6.07) is 95.0. The third-order valence-corrected chi connectivity index (χ3v) is 23.3. The Morgan fingerprint density at radius 3 is 1.54 bits per heavy atom. The number of furan rings is 1. The van der Waals surface area contributed by atoms with E-state index in [1.165, 1.54) is 110 Å². The molecular formula is C84H46N8OS3. The van der Waals surface area contributed by atoms with Gasteiger partial charge in [0.15, 0.2) is 17.2 Å². The van der Waals surface area contributed by atoms with Crippen LogP contribution in [0, 0.1) is 0 Å². The van der Waals surface area contributed by atoms with Crippen molar-refractivity contribution in [3.05, 3.63) is 267 Å². The molecule has 0 radical (unpaired) electrons. The van der Waals surface area contributed by atoms with Crippen molar-refractivity contribution in [3.8, 4) is 34.4 Å². The molecule has 0 bridgehead atoms. The number of para-hydroxylation sites is 5. The van der Waals surface area contributed by atoms with Crippen LogP contribution in [0.25, 0.3) is 215 Å². The van der Waals surface area contributed by atoms with E-state index in [1.807, 2.05) is 40.9 Å². The summed E-state index contributed by atoms with van der Waals surface area (Å²) in [4.78, 5) is 28.8. The molecule has 13 aromatic carbocycles. The van der Waals surface area contributed by atoms with Gasteiger partial charge >= 0.3 is 0 Å². The summed E-state index contributed by atoms with van der Waals surface area (Å²) < 4.78 is 18.6. The van der Waals surface area contributed by atoms with E-state index in [0.717, 1.165) is 87.7 Å². The molecule has 2 N–H and O–H groups in total. The van der Waals surface area contributed by atoms with E-state index in [9.17, 15) is 0 Å². The second-order valence-electron chi connectivity index (χ2n) is 24.9. The highest BCUT2D eigenvalue weighted by atomic mass is 32.1. The third kappa shape index (κ3) is 7.42. The van der Waals surface area contributed by atoms with Gasteiger partial charge in [-0.05, 0) is 77.5 Å². The second kappa shape index (κ2) is 19.7. The van der Waals surface area contributed by atoms with Crippen molar-refractivity contribution in [1.82, 2.24) is 39.0 Å². The SMILES string of the molecule is c1ccc(-c2nc(-n3c4ccccc4c4cc5c(cc43)sc3c5ccc4c5ccccc5[nH]c43)nc3c2sc2ccccc23)cc1.c1ccc2c(-c3nc(-n4c5ccccc5c5cc6c(cc54)sc4c6ccc5c6ccccc6[nH]c54)c4oc5ccccc5c4n3)cccc2c1. The van der Waals surface area contributed by atoms with Crippen molar-refractivity contribution in [2.45, 2.75) is 0 Å². The van der Waals surface area contributed by atoms with Crippen LogP contribution in [-0.2, 0) is 0 Å².